The molecule has 0 bridgehead atoms. The van der Waals surface area contributed by atoms with Crippen LogP contribution in [-0.2, 0) is 4.79 Å². The van der Waals surface area contributed by atoms with Crippen molar-refractivity contribution in [1.82, 2.24) is 4.90 Å². The Morgan fingerprint density at radius 3 is 2.43 bits per heavy atom. The van der Waals surface area contributed by atoms with E-state index in [0.29, 0.717) is 36.5 Å². The normalized spacial score (nSPS) is 18.7. The molecule has 1 fully saturated rings. The standard InChI is InChI=1S/C15H20Cl2N2O4/c16-10-5-9(12(21)6-11(10)17)14(18)8-1-3-19(4-2-8)15(23)13(22)7-20/h5-6,8,13-14,20-22H,1-4,7,18H2. The smallest absolute Gasteiger partial charge is 0.253 e. The van der Waals surface area contributed by atoms with Gasteiger partial charge in [0.25, 0.3) is 5.91 Å². The van der Waals surface area contributed by atoms with Crippen LogP contribution >= 0.6 is 23.2 Å². The Balaban J connectivity index is 2.03. The third-order valence-corrected chi connectivity index (χ3v) is 4.97. The van der Waals surface area contributed by atoms with Crippen LogP contribution in [0.5, 0.6) is 5.75 Å². The molecule has 1 heterocycles. The molecule has 6 nitrogen and oxygen atoms in total. The van der Waals surface area contributed by atoms with Gasteiger partial charge in [-0.25, -0.2) is 0 Å². The van der Waals surface area contributed by atoms with Gasteiger partial charge in [-0.2, -0.15) is 0 Å². The third kappa shape index (κ3) is 4.08. The highest BCUT2D eigenvalue weighted by Gasteiger charge is 2.30. The van der Waals surface area contributed by atoms with Crippen molar-refractivity contribution in [2.24, 2.45) is 11.7 Å². The Morgan fingerprint density at radius 2 is 1.87 bits per heavy atom. The fourth-order valence-corrected chi connectivity index (χ4v) is 3.17. The molecule has 0 radical (unpaired) electrons. The number of nitrogens with zero attached hydrogens (tertiary/aromatic N) is 1. The summed E-state index contributed by atoms with van der Waals surface area (Å²) in [6, 6.07) is 2.51. The van der Waals surface area contributed by atoms with Gasteiger partial charge in [0, 0.05) is 30.8 Å². The van der Waals surface area contributed by atoms with Crippen molar-refractivity contribution in [2.75, 3.05) is 19.7 Å². The second kappa shape index (κ2) is 7.68. The Morgan fingerprint density at radius 1 is 1.30 bits per heavy atom. The lowest BCUT2D eigenvalue weighted by Gasteiger charge is -2.35. The number of carbonyl (C=O) groups is 1. The van der Waals surface area contributed by atoms with Gasteiger partial charge in [0.15, 0.2) is 6.10 Å². The topological polar surface area (TPSA) is 107 Å². The lowest BCUT2D eigenvalue weighted by atomic mass is 9.85. The first-order chi connectivity index (χ1) is 10.8. The molecular formula is C15H20Cl2N2O4. The zero-order chi connectivity index (χ0) is 17.1. The number of nitrogens with two attached hydrogens (primary N) is 1. The Kier molecular flexibility index (Phi) is 6.11. The summed E-state index contributed by atoms with van der Waals surface area (Å²) in [7, 11) is 0. The summed E-state index contributed by atoms with van der Waals surface area (Å²) in [5, 5.41) is 28.8. The average Bonchev–Trinajstić information content (AvgIpc) is 2.56. The molecule has 2 unspecified atom stereocenters. The summed E-state index contributed by atoms with van der Waals surface area (Å²) < 4.78 is 0. The lowest BCUT2D eigenvalue weighted by molar-refractivity contribution is -0.143. The van der Waals surface area contributed by atoms with E-state index in [1.807, 2.05) is 0 Å². The van der Waals surface area contributed by atoms with Crippen LogP contribution in [0.15, 0.2) is 12.1 Å². The summed E-state index contributed by atoms with van der Waals surface area (Å²) in [6.07, 6.45) is -0.116. The fraction of sp³-hybridized carbons (Fsp3) is 0.533. The summed E-state index contributed by atoms with van der Waals surface area (Å²) in [5.74, 6) is -0.411. The minimum atomic E-state index is -1.38. The van der Waals surface area contributed by atoms with Gasteiger partial charge in [0.2, 0.25) is 0 Å². The number of benzene rings is 1. The van der Waals surface area contributed by atoms with Crippen LogP contribution in [0.3, 0.4) is 0 Å². The molecule has 0 aliphatic carbocycles. The van der Waals surface area contributed by atoms with Crippen LogP contribution in [-0.4, -0.2) is 51.9 Å². The van der Waals surface area contributed by atoms with E-state index < -0.39 is 24.7 Å². The summed E-state index contributed by atoms with van der Waals surface area (Å²) in [4.78, 5) is 13.3. The van der Waals surface area contributed by atoms with E-state index in [1.54, 1.807) is 6.07 Å². The molecule has 1 aromatic carbocycles. The Bertz CT molecular complexity index is 577. The van der Waals surface area contributed by atoms with E-state index in [4.69, 9.17) is 34.0 Å². The van der Waals surface area contributed by atoms with Crippen molar-refractivity contribution < 1.29 is 20.1 Å². The monoisotopic (exact) mass is 362 g/mol. The number of likely N-dealkylation sites (tertiary alicyclic amines) is 1. The van der Waals surface area contributed by atoms with E-state index in [0.717, 1.165) is 0 Å². The zero-order valence-corrected chi connectivity index (χ0v) is 14.0. The summed E-state index contributed by atoms with van der Waals surface area (Å²) in [5.41, 5.74) is 6.77. The van der Waals surface area contributed by atoms with Gasteiger partial charge >= 0.3 is 0 Å². The molecule has 1 aromatic rings. The molecule has 23 heavy (non-hydrogen) atoms. The van der Waals surface area contributed by atoms with E-state index in [1.165, 1.54) is 11.0 Å². The molecule has 2 atom stereocenters. The molecule has 2 rings (SSSR count). The Labute approximate surface area is 144 Å². The maximum Gasteiger partial charge on any atom is 0.253 e. The van der Waals surface area contributed by atoms with Crippen molar-refractivity contribution in [3.63, 3.8) is 0 Å². The van der Waals surface area contributed by atoms with Crippen molar-refractivity contribution in [1.29, 1.82) is 0 Å². The summed E-state index contributed by atoms with van der Waals surface area (Å²) in [6.45, 7) is 0.294. The van der Waals surface area contributed by atoms with E-state index in [9.17, 15) is 15.0 Å². The number of hydrogen-bond acceptors (Lipinski definition) is 5. The molecule has 1 amide bonds. The first kappa shape index (κ1) is 18.3. The number of amides is 1. The average molecular weight is 363 g/mol. The van der Waals surface area contributed by atoms with Crippen LogP contribution < -0.4 is 5.73 Å². The molecule has 8 heteroatoms. The van der Waals surface area contributed by atoms with Crippen molar-refractivity contribution in [2.45, 2.75) is 25.0 Å². The summed E-state index contributed by atoms with van der Waals surface area (Å²) >= 11 is 11.8. The van der Waals surface area contributed by atoms with E-state index >= 15 is 0 Å². The number of carbonyl (C=O) groups excluding carboxylic acids is 1. The molecule has 128 valence electrons. The van der Waals surface area contributed by atoms with Gasteiger partial charge in [0.05, 0.1) is 16.7 Å². The largest absolute Gasteiger partial charge is 0.508 e. The number of halogens is 2. The van der Waals surface area contributed by atoms with Crippen LogP contribution in [0.1, 0.15) is 24.4 Å². The van der Waals surface area contributed by atoms with Crippen molar-refractivity contribution in [3.8, 4) is 5.75 Å². The van der Waals surface area contributed by atoms with Crippen LogP contribution in [0.4, 0.5) is 0 Å². The van der Waals surface area contributed by atoms with Crippen molar-refractivity contribution in [3.05, 3.63) is 27.7 Å². The molecule has 0 saturated carbocycles. The van der Waals surface area contributed by atoms with E-state index in [2.05, 4.69) is 0 Å². The van der Waals surface area contributed by atoms with Gasteiger partial charge in [-0.05, 0) is 24.8 Å². The predicted molar refractivity (Wildman–Crippen MR) is 87.5 cm³/mol. The number of rotatable bonds is 4. The highest BCUT2D eigenvalue weighted by molar-refractivity contribution is 6.42. The maximum absolute atomic E-state index is 11.8. The van der Waals surface area contributed by atoms with Gasteiger partial charge in [0.1, 0.15) is 5.75 Å². The number of phenols is 1. The fourth-order valence-electron chi connectivity index (χ4n) is 2.84. The second-order valence-corrected chi connectivity index (χ2v) is 6.53. The minimum absolute atomic E-state index is 0.00103. The highest BCUT2D eigenvalue weighted by atomic mass is 35.5. The number of hydrogen-bond donors (Lipinski definition) is 4. The second-order valence-electron chi connectivity index (χ2n) is 5.71. The molecule has 1 aliphatic rings. The van der Waals surface area contributed by atoms with Crippen LogP contribution in [0.2, 0.25) is 10.0 Å². The number of aromatic hydroxyl groups is 1. The van der Waals surface area contributed by atoms with Gasteiger partial charge in [-0.1, -0.05) is 23.2 Å². The molecule has 0 spiro atoms. The highest BCUT2D eigenvalue weighted by Crippen LogP contribution is 2.37. The molecular weight excluding hydrogens is 343 g/mol. The first-order valence-corrected chi connectivity index (χ1v) is 8.12. The lowest BCUT2D eigenvalue weighted by Crippen LogP contribution is -2.46. The minimum Gasteiger partial charge on any atom is -0.508 e. The van der Waals surface area contributed by atoms with Gasteiger partial charge < -0.3 is 26.0 Å². The van der Waals surface area contributed by atoms with E-state index in [-0.39, 0.29) is 16.7 Å². The van der Waals surface area contributed by atoms with Crippen molar-refractivity contribution >= 4 is 29.1 Å². The quantitative estimate of drug-likeness (QED) is 0.645. The molecule has 1 aliphatic heterocycles. The molecule has 0 aromatic heterocycles. The predicted octanol–water partition coefficient (Wildman–Crippen LogP) is 1.29. The van der Waals surface area contributed by atoms with Crippen LogP contribution in [0, 0.1) is 5.92 Å². The maximum atomic E-state index is 11.8. The number of phenolic OH excluding ortho intramolecular Hbond substituents is 1. The zero-order valence-electron chi connectivity index (χ0n) is 12.5. The number of aliphatic hydroxyl groups excluding tert-OH is 2. The first-order valence-electron chi connectivity index (χ1n) is 7.36. The SMILES string of the molecule is NC(c1cc(Cl)c(Cl)cc1O)C1CCN(C(=O)C(O)CO)CC1. The number of piperidine rings is 1. The molecule has 1 saturated heterocycles. The third-order valence-electron chi connectivity index (χ3n) is 4.25. The van der Waals surface area contributed by atoms with Gasteiger partial charge in [-0.3, -0.25) is 4.79 Å². The molecule has 5 N–H and O–H groups in total. The van der Waals surface area contributed by atoms with Gasteiger partial charge in [-0.15, -0.1) is 0 Å². The number of aliphatic hydroxyl groups is 2. The van der Waals surface area contributed by atoms with Crippen LogP contribution in [0.25, 0.3) is 0 Å². The Hall–Kier alpha value is -1.05.